The molecule has 1 aliphatic heterocycles. The van der Waals surface area contributed by atoms with Crippen LogP contribution in [0.1, 0.15) is 29.6 Å². The average Bonchev–Trinajstić information content (AvgIpc) is 2.96. The van der Waals surface area contributed by atoms with Gasteiger partial charge in [0.25, 0.3) is 0 Å². The van der Waals surface area contributed by atoms with Crippen LogP contribution in [0.4, 0.5) is 0 Å². The van der Waals surface area contributed by atoms with Crippen molar-refractivity contribution in [1.29, 1.82) is 0 Å². The molecule has 0 saturated carbocycles. The molecule has 0 radical (unpaired) electrons. The molecule has 1 atom stereocenters. The molecule has 1 unspecified atom stereocenters. The molecule has 5 nitrogen and oxygen atoms in total. The minimum atomic E-state index is -0.977. The SMILES string of the molecule is O=C(O)c1ccccc1OCCCOCC1CCCO1. The summed E-state index contributed by atoms with van der Waals surface area (Å²) >= 11 is 0. The van der Waals surface area contributed by atoms with E-state index in [1.54, 1.807) is 18.2 Å². The molecule has 20 heavy (non-hydrogen) atoms. The van der Waals surface area contributed by atoms with Gasteiger partial charge in [0.1, 0.15) is 11.3 Å². The fraction of sp³-hybridized carbons (Fsp3) is 0.533. The molecule has 1 aromatic carbocycles. The molecule has 2 rings (SSSR count). The number of aromatic carboxylic acids is 1. The third kappa shape index (κ3) is 4.51. The van der Waals surface area contributed by atoms with Gasteiger partial charge in [-0.2, -0.15) is 0 Å². The molecular formula is C15H20O5. The van der Waals surface area contributed by atoms with Gasteiger partial charge in [0.05, 0.1) is 19.3 Å². The first-order valence-corrected chi connectivity index (χ1v) is 6.92. The van der Waals surface area contributed by atoms with Gasteiger partial charge < -0.3 is 19.3 Å². The number of carbonyl (C=O) groups is 1. The van der Waals surface area contributed by atoms with E-state index in [9.17, 15) is 4.79 Å². The number of carboxylic acids is 1. The summed E-state index contributed by atoms with van der Waals surface area (Å²) in [5.74, 6) is -0.575. The maximum Gasteiger partial charge on any atom is 0.339 e. The van der Waals surface area contributed by atoms with Crippen molar-refractivity contribution in [3.63, 3.8) is 0 Å². The van der Waals surface area contributed by atoms with Crippen LogP contribution >= 0.6 is 0 Å². The van der Waals surface area contributed by atoms with E-state index in [0.29, 0.717) is 25.6 Å². The standard InChI is InChI=1S/C15H20O5/c16-15(17)13-6-1-2-7-14(13)20-10-4-8-18-11-12-5-3-9-19-12/h1-2,6-7,12H,3-5,8-11H2,(H,16,17). The Balaban J connectivity index is 1.62. The summed E-state index contributed by atoms with van der Waals surface area (Å²) in [6, 6.07) is 6.64. The van der Waals surface area contributed by atoms with Crippen molar-refractivity contribution >= 4 is 5.97 Å². The Morgan fingerprint density at radius 1 is 1.35 bits per heavy atom. The predicted octanol–water partition coefficient (Wildman–Crippen LogP) is 2.35. The number of rotatable bonds is 8. The lowest BCUT2D eigenvalue weighted by Crippen LogP contribution is -2.15. The first-order chi connectivity index (χ1) is 9.77. The van der Waals surface area contributed by atoms with E-state index in [0.717, 1.165) is 25.9 Å². The minimum Gasteiger partial charge on any atom is -0.493 e. The second-order valence-corrected chi connectivity index (χ2v) is 4.71. The van der Waals surface area contributed by atoms with Gasteiger partial charge in [-0.1, -0.05) is 12.1 Å². The first kappa shape index (κ1) is 14.8. The van der Waals surface area contributed by atoms with Gasteiger partial charge in [0.2, 0.25) is 0 Å². The Bertz CT molecular complexity index is 426. The van der Waals surface area contributed by atoms with E-state index in [1.165, 1.54) is 6.07 Å². The molecule has 5 heteroatoms. The highest BCUT2D eigenvalue weighted by molar-refractivity contribution is 5.90. The molecule has 1 aliphatic rings. The summed E-state index contributed by atoms with van der Waals surface area (Å²) < 4.78 is 16.4. The maximum atomic E-state index is 11.0. The van der Waals surface area contributed by atoms with E-state index >= 15 is 0 Å². The summed E-state index contributed by atoms with van der Waals surface area (Å²) in [5.41, 5.74) is 0.188. The molecule has 0 spiro atoms. The number of benzene rings is 1. The maximum absolute atomic E-state index is 11.0. The zero-order chi connectivity index (χ0) is 14.2. The van der Waals surface area contributed by atoms with E-state index in [2.05, 4.69) is 0 Å². The summed E-state index contributed by atoms with van der Waals surface area (Å²) in [6.45, 7) is 2.50. The lowest BCUT2D eigenvalue weighted by Gasteiger charge is -2.11. The number of ether oxygens (including phenoxy) is 3. The van der Waals surface area contributed by atoms with Gasteiger partial charge in [-0.25, -0.2) is 4.79 Å². The predicted molar refractivity (Wildman–Crippen MR) is 73.3 cm³/mol. The van der Waals surface area contributed by atoms with Gasteiger partial charge in [0, 0.05) is 19.6 Å². The third-order valence-corrected chi connectivity index (χ3v) is 3.14. The molecule has 0 aromatic heterocycles. The van der Waals surface area contributed by atoms with Crippen LogP contribution in [0.5, 0.6) is 5.75 Å². The lowest BCUT2D eigenvalue weighted by molar-refractivity contribution is 0.0140. The molecule has 0 aliphatic carbocycles. The van der Waals surface area contributed by atoms with Crippen molar-refractivity contribution < 1.29 is 24.1 Å². The van der Waals surface area contributed by atoms with Crippen molar-refractivity contribution in [1.82, 2.24) is 0 Å². The fourth-order valence-electron chi connectivity index (χ4n) is 2.10. The topological polar surface area (TPSA) is 65.0 Å². The number of hydrogen-bond donors (Lipinski definition) is 1. The van der Waals surface area contributed by atoms with Gasteiger partial charge in [-0.3, -0.25) is 0 Å². The quantitative estimate of drug-likeness (QED) is 0.740. The van der Waals surface area contributed by atoms with E-state index < -0.39 is 5.97 Å². The zero-order valence-corrected chi connectivity index (χ0v) is 11.4. The lowest BCUT2D eigenvalue weighted by atomic mass is 10.2. The van der Waals surface area contributed by atoms with Crippen LogP contribution in [-0.4, -0.2) is 43.6 Å². The molecule has 1 fully saturated rings. The summed E-state index contributed by atoms with van der Waals surface area (Å²) in [4.78, 5) is 11.0. The molecule has 1 N–H and O–H groups in total. The molecule has 1 heterocycles. The highest BCUT2D eigenvalue weighted by Gasteiger charge is 2.15. The van der Waals surface area contributed by atoms with Crippen molar-refractivity contribution in [2.45, 2.75) is 25.4 Å². The summed E-state index contributed by atoms with van der Waals surface area (Å²) in [7, 11) is 0. The Morgan fingerprint density at radius 2 is 2.20 bits per heavy atom. The van der Waals surface area contributed by atoms with E-state index in [4.69, 9.17) is 19.3 Å². The van der Waals surface area contributed by atoms with Crippen LogP contribution in [-0.2, 0) is 9.47 Å². The van der Waals surface area contributed by atoms with Crippen molar-refractivity contribution in [2.75, 3.05) is 26.4 Å². The highest BCUT2D eigenvalue weighted by atomic mass is 16.5. The Kier molecular flexibility index (Phi) is 5.83. The van der Waals surface area contributed by atoms with Gasteiger partial charge in [0.15, 0.2) is 0 Å². The Labute approximate surface area is 118 Å². The van der Waals surface area contributed by atoms with Gasteiger partial charge in [-0.15, -0.1) is 0 Å². The van der Waals surface area contributed by atoms with Crippen LogP contribution in [0, 0.1) is 0 Å². The molecular weight excluding hydrogens is 260 g/mol. The van der Waals surface area contributed by atoms with Crippen LogP contribution in [0.2, 0.25) is 0 Å². The second kappa shape index (κ2) is 7.87. The largest absolute Gasteiger partial charge is 0.493 e. The van der Waals surface area contributed by atoms with Crippen LogP contribution in [0.25, 0.3) is 0 Å². The van der Waals surface area contributed by atoms with Gasteiger partial charge in [-0.05, 0) is 25.0 Å². The second-order valence-electron chi connectivity index (χ2n) is 4.71. The number of para-hydroxylation sites is 1. The van der Waals surface area contributed by atoms with Crippen LogP contribution in [0.3, 0.4) is 0 Å². The summed E-state index contributed by atoms with van der Waals surface area (Å²) in [5, 5.41) is 9.01. The number of hydrogen-bond acceptors (Lipinski definition) is 4. The molecule has 110 valence electrons. The molecule has 0 amide bonds. The monoisotopic (exact) mass is 280 g/mol. The van der Waals surface area contributed by atoms with E-state index in [1.807, 2.05) is 0 Å². The normalized spacial score (nSPS) is 18.1. The van der Waals surface area contributed by atoms with Gasteiger partial charge >= 0.3 is 5.97 Å². The average molecular weight is 280 g/mol. The molecule has 1 aromatic rings. The smallest absolute Gasteiger partial charge is 0.339 e. The fourth-order valence-corrected chi connectivity index (χ4v) is 2.10. The van der Waals surface area contributed by atoms with Crippen LogP contribution in [0.15, 0.2) is 24.3 Å². The third-order valence-electron chi connectivity index (χ3n) is 3.14. The van der Waals surface area contributed by atoms with Crippen molar-refractivity contribution in [3.05, 3.63) is 29.8 Å². The number of carboxylic acid groups (broad SMARTS) is 1. The van der Waals surface area contributed by atoms with Crippen molar-refractivity contribution in [3.8, 4) is 5.75 Å². The zero-order valence-electron chi connectivity index (χ0n) is 11.4. The summed E-state index contributed by atoms with van der Waals surface area (Å²) in [6.07, 6.45) is 3.15. The minimum absolute atomic E-state index is 0.188. The van der Waals surface area contributed by atoms with E-state index in [-0.39, 0.29) is 11.7 Å². The Hall–Kier alpha value is -1.59. The highest BCUT2D eigenvalue weighted by Crippen LogP contribution is 2.18. The first-order valence-electron chi connectivity index (χ1n) is 6.92. The van der Waals surface area contributed by atoms with Crippen molar-refractivity contribution in [2.24, 2.45) is 0 Å². The Morgan fingerprint density at radius 3 is 2.95 bits per heavy atom. The molecule has 1 saturated heterocycles. The molecule has 0 bridgehead atoms. The van der Waals surface area contributed by atoms with Crippen LogP contribution < -0.4 is 4.74 Å².